The van der Waals surface area contributed by atoms with Gasteiger partial charge in [-0.2, -0.15) is 18.4 Å². The van der Waals surface area contributed by atoms with Crippen molar-refractivity contribution in [1.82, 2.24) is 16.0 Å². The molecule has 0 unspecified atom stereocenters. The van der Waals surface area contributed by atoms with E-state index in [1.807, 2.05) is 26.8 Å². The summed E-state index contributed by atoms with van der Waals surface area (Å²) >= 11 is 0. The summed E-state index contributed by atoms with van der Waals surface area (Å²) in [4.78, 5) is 50.1. The van der Waals surface area contributed by atoms with Crippen LogP contribution in [0, 0.1) is 34.0 Å². The molecule has 1 saturated carbocycles. The normalized spacial score (nSPS) is 21.7. The van der Waals surface area contributed by atoms with E-state index in [2.05, 4.69) is 16.0 Å². The van der Waals surface area contributed by atoms with Gasteiger partial charge in [0.15, 0.2) is 0 Å². The molecule has 2 rings (SSSR count). The molecule has 3 N–H and O–H groups in total. The van der Waals surface area contributed by atoms with E-state index < -0.39 is 64.9 Å². The zero-order valence-corrected chi connectivity index (χ0v) is 21.8. The minimum Gasteiger partial charge on any atom is -0.350 e. The monoisotopic (exact) mass is 514 g/mol. The maximum atomic E-state index is 13.2. The smallest absolute Gasteiger partial charge is 0.350 e. The van der Waals surface area contributed by atoms with Gasteiger partial charge in [-0.25, -0.2) is 0 Å². The number of carbonyl (C=O) groups is 4. The molecule has 11 heteroatoms. The quantitative estimate of drug-likeness (QED) is 0.436. The van der Waals surface area contributed by atoms with Gasteiger partial charge in [-0.3, -0.25) is 19.2 Å². The largest absolute Gasteiger partial charge is 0.449 e. The SMILES string of the molecule is CC(C)(C)C[C@H](NC(=O)[C@@H](CC(=O)C(F)(F)F)C(C)(C)C)C(=O)N[C@H](C#N)C[C@@H]1CC2(CC2)NC1=O. The first kappa shape index (κ1) is 29.6. The molecular weight excluding hydrogens is 477 g/mol. The first-order valence-corrected chi connectivity index (χ1v) is 12.2. The lowest BCUT2D eigenvalue weighted by Gasteiger charge is -2.33. The van der Waals surface area contributed by atoms with Crippen molar-refractivity contribution in [1.29, 1.82) is 5.26 Å². The summed E-state index contributed by atoms with van der Waals surface area (Å²) < 4.78 is 38.7. The highest BCUT2D eigenvalue weighted by molar-refractivity contribution is 5.93. The highest BCUT2D eigenvalue weighted by Gasteiger charge is 2.52. The predicted octanol–water partition coefficient (Wildman–Crippen LogP) is 3.16. The number of nitrogens with one attached hydrogen (secondary N) is 3. The summed E-state index contributed by atoms with van der Waals surface area (Å²) in [7, 11) is 0. The van der Waals surface area contributed by atoms with Crippen molar-refractivity contribution in [2.75, 3.05) is 0 Å². The van der Waals surface area contributed by atoms with Crippen molar-refractivity contribution in [2.45, 2.75) is 104 Å². The fraction of sp³-hybridized carbons (Fsp3) is 0.800. The minimum atomic E-state index is -5.07. The zero-order valence-electron chi connectivity index (χ0n) is 21.8. The first-order chi connectivity index (χ1) is 16.3. The molecule has 1 heterocycles. The summed E-state index contributed by atoms with van der Waals surface area (Å²) in [5.41, 5.74) is -1.62. The van der Waals surface area contributed by atoms with E-state index in [1.54, 1.807) is 20.8 Å². The van der Waals surface area contributed by atoms with Gasteiger partial charge >= 0.3 is 6.18 Å². The van der Waals surface area contributed by atoms with Crippen molar-refractivity contribution < 1.29 is 32.3 Å². The Morgan fingerprint density at radius 1 is 1.08 bits per heavy atom. The molecule has 8 nitrogen and oxygen atoms in total. The van der Waals surface area contributed by atoms with Crippen LogP contribution in [0.4, 0.5) is 13.2 Å². The fourth-order valence-electron chi connectivity index (χ4n) is 4.54. The second kappa shape index (κ2) is 10.4. The van der Waals surface area contributed by atoms with E-state index in [0.717, 1.165) is 12.8 Å². The molecule has 0 aromatic rings. The second-order valence-electron chi connectivity index (χ2n) is 12.5. The van der Waals surface area contributed by atoms with Crippen molar-refractivity contribution in [3.8, 4) is 6.07 Å². The molecule has 1 saturated heterocycles. The number of ketones is 1. The topological polar surface area (TPSA) is 128 Å². The van der Waals surface area contributed by atoms with Crippen LogP contribution in [-0.4, -0.2) is 47.3 Å². The summed E-state index contributed by atoms with van der Waals surface area (Å²) in [6.45, 7) is 10.1. The molecular formula is C25H37F3N4O4. The average molecular weight is 515 g/mol. The van der Waals surface area contributed by atoms with Crippen LogP contribution < -0.4 is 16.0 Å². The maximum absolute atomic E-state index is 13.2. The number of alkyl halides is 3. The Kier molecular flexibility index (Phi) is 8.53. The molecule has 36 heavy (non-hydrogen) atoms. The second-order valence-corrected chi connectivity index (χ2v) is 12.5. The number of nitriles is 1. The lowest BCUT2D eigenvalue weighted by Crippen LogP contribution is -2.53. The third-order valence-corrected chi connectivity index (χ3v) is 6.76. The highest BCUT2D eigenvalue weighted by Crippen LogP contribution is 2.46. The predicted molar refractivity (Wildman–Crippen MR) is 125 cm³/mol. The maximum Gasteiger partial charge on any atom is 0.449 e. The molecule has 3 amide bonds. The molecule has 0 aromatic heterocycles. The molecule has 4 atom stereocenters. The Bertz CT molecular complexity index is 924. The molecule has 0 bridgehead atoms. The Morgan fingerprint density at radius 2 is 1.67 bits per heavy atom. The van der Waals surface area contributed by atoms with Gasteiger partial charge in [-0.05, 0) is 42.9 Å². The average Bonchev–Trinajstić information content (AvgIpc) is 3.37. The molecule has 1 spiro atoms. The van der Waals surface area contributed by atoms with E-state index in [-0.39, 0.29) is 24.3 Å². The number of hydrogen-bond acceptors (Lipinski definition) is 5. The molecule has 0 aromatic carbocycles. The third kappa shape index (κ3) is 8.20. The van der Waals surface area contributed by atoms with Crippen LogP contribution in [0.5, 0.6) is 0 Å². The lowest BCUT2D eigenvalue weighted by atomic mass is 9.76. The van der Waals surface area contributed by atoms with Gasteiger partial charge in [0, 0.05) is 17.9 Å². The van der Waals surface area contributed by atoms with Gasteiger partial charge in [0.1, 0.15) is 12.1 Å². The molecule has 1 aliphatic heterocycles. The molecule has 1 aliphatic carbocycles. The van der Waals surface area contributed by atoms with E-state index in [1.165, 1.54) is 0 Å². The molecule has 202 valence electrons. The van der Waals surface area contributed by atoms with Crippen LogP contribution in [0.3, 0.4) is 0 Å². The molecule has 0 radical (unpaired) electrons. The van der Waals surface area contributed by atoms with Gasteiger partial charge in [-0.1, -0.05) is 41.5 Å². The van der Waals surface area contributed by atoms with Gasteiger partial charge in [0.25, 0.3) is 0 Å². The summed E-state index contributed by atoms with van der Waals surface area (Å²) in [5.74, 6) is -5.41. The molecule has 2 aliphatic rings. The fourth-order valence-corrected chi connectivity index (χ4v) is 4.54. The standard InChI is InChI=1S/C25H37F3N4O4/c1-22(2,3)12-17(31-20(35)16(23(4,5)6)10-18(33)25(26,27)28)21(36)30-15(13-29)9-14-11-24(7-8-24)32-19(14)34/h14-17H,7-12H2,1-6H3,(H,30,36)(H,31,35)(H,32,34)/t14-,15+,16-,17+/m1/s1. The van der Waals surface area contributed by atoms with Crippen LogP contribution >= 0.6 is 0 Å². The number of nitrogens with zero attached hydrogens (tertiary/aromatic N) is 1. The van der Waals surface area contributed by atoms with Gasteiger partial charge < -0.3 is 16.0 Å². The Morgan fingerprint density at radius 3 is 2.08 bits per heavy atom. The van der Waals surface area contributed by atoms with E-state index in [0.29, 0.717) is 6.42 Å². The van der Waals surface area contributed by atoms with E-state index in [9.17, 15) is 37.6 Å². The first-order valence-electron chi connectivity index (χ1n) is 12.2. The number of Topliss-reactive ketones (excluding diaryl/α,β-unsaturated/α-hetero) is 1. The summed E-state index contributed by atoms with van der Waals surface area (Å²) in [5, 5.41) is 17.7. The molecule has 2 fully saturated rings. The van der Waals surface area contributed by atoms with Gasteiger partial charge in [0.2, 0.25) is 23.5 Å². The zero-order chi connectivity index (χ0) is 27.7. The van der Waals surface area contributed by atoms with Crippen LogP contribution in [0.25, 0.3) is 0 Å². The van der Waals surface area contributed by atoms with Gasteiger partial charge in [0.05, 0.1) is 12.0 Å². The van der Waals surface area contributed by atoms with E-state index in [4.69, 9.17) is 0 Å². The number of carbonyl (C=O) groups excluding carboxylic acids is 4. The van der Waals surface area contributed by atoms with Crippen molar-refractivity contribution in [2.24, 2.45) is 22.7 Å². The Balaban J connectivity index is 2.14. The number of amides is 3. The van der Waals surface area contributed by atoms with Crippen molar-refractivity contribution in [3.05, 3.63) is 0 Å². The third-order valence-electron chi connectivity index (χ3n) is 6.76. The number of rotatable bonds is 9. The number of hydrogen-bond donors (Lipinski definition) is 3. The van der Waals surface area contributed by atoms with Gasteiger partial charge in [-0.15, -0.1) is 0 Å². The Hall–Kier alpha value is -2.64. The van der Waals surface area contributed by atoms with Crippen LogP contribution in [0.2, 0.25) is 0 Å². The Labute approximate surface area is 210 Å². The van der Waals surface area contributed by atoms with Crippen LogP contribution in [-0.2, 0) is 19.2 Å². The van der Waals surface area contributed by atoms with Crippen molar-refractivity contribution in [3.63, 3.8) is 0 Å². The van der Waals surface area contributed by atoms with Crippen LogP contribution in [0.15, 0.2) is 0 Å². The summed E-state index contributed by atoms with van der Waals surface area (Å²) in [6, 6.07) is -0.132. The van der Waals surface area contributed by atoms with Crippen molar-refractivity contribution >= 4 is 23.5 Å². The minimum absolute atomic E-state index is 0.122. The highest BCUT2D eigenvalue weighted by atomic mass is 19.4. The summed E-state index contributed by atoms with van der Waals surface area (Å²) in [6.07, 6.45) is -3.47. The number of halogens is 3. The van der Waals surface area contributed by atoms with Crippen LogP contribution in [0.1, 0.15) is 80.1 Å². The lowest BCUT2D eigenvalue weighted by molar-refractivity contribution is -0.173. The van der Waals surface area contributed by atoms with E-state index >= 15 is 0 Å².